The SMILES string of the molecule is C=CCCc1c(F)c(F)c(C#Cc2ccc3c(F)c(F)ccc3c2)c(F)c1F. The molecule has 28 heavy (non-hydrogen) atoms. The third-order valence-electron chi connectivity index (χ3n) is 4.19. The smallest absolute Gasteiger partial charge is 0.177 e. The summed E-state index contributed by atoms with van der Waals surface area (Å²) in [5.41, 5.74) is -1.54. The highest BCUT2D eigenvalue weighted by Gasteiger charge is 2.23. The number of halogens is 6. The van der Waals surface area contributed by atoms with E-state index < -0.39 is 46.0 Å². The highest BCUT2D eigenvalue weighted by Crippen LogP contribution is 2.25. The highest BCUT2D eigenvalue weighted by molar-refractivity contribution is 5.84. The maximum atomic E-state index is 14.2. The summed E-state index contributed by atoms with van der Waals surface area (Å²) in [5.74, 6) is -3.74. The fraction of sp³-hybridized carbons (Fsp3) is 0.0909. The monoisotopic (exact) mass is 390 g/mol. The first-order chi connectivity index (χ1) is 13.3. The molecule has 0 saturated carbocycles. The van der Waals surface area contributed by atoms with E-state index in [1.807, 2.05) is 0 Å². The number of fused-ring (bicyclic) bond motifs is 1. The molecule has 0 aliphatic rings. The van der Waals surface area contributed by atoms with Crippen molar-refractivity contribution in [3.8, 4) is 11.8 Å². The lowest BCUT2D eigenvalue weighted by atomic mass is 10.0. The van der Waals surface area contributed by atoms with Crippen LogP contribution in [0.4, 0.5) is 26.3 Å². The van der Waals surface area contributed by atoms with Gasteiger partial charge in [-0.25, -0.2) is 26.3 Å². The number of hydrogen-bond donors (Lipinski definition) is 0. The van der Waals surface area contributed by atoms with E-state index in [1.54, 1.807) is 0 Å². The zero-order valence-electron chi connectivity index (χ0n) is 14.4. The second-order valence-corrected chi connectivity index (χ2v) is 5.98. The second kappa shape index (κ2) is 7.81. The number of benzene rings is 3. The van der Waals surface area contributed by atoms with Crippen molar-refractivity contribution < 1.29 is 26.3 Å². The third kappa shape index (κ3) is 3.48. The minimum absolute atomic E-state index is 0.00608. The molecule has 0 spiro atoms. The van der Waals surface area contributed by atoms with E-state index in [0.29, 0.717) is 5.39 Å². The molecule has 6 heteroatoms. The Morgan fingerprint density at radius 2 is 1.46 bits per heavy atom. The molecule has 0 bridgehead atoms. The Balaban J connectivity index is 2.06. The first kappa shape index (κ1) is 19.6. The predicted molar refractivity (Wildman–Crippen MR) is 94.6 cm³/mol. The summed E-state index contributed by atoms with van der Waals surface area (Å²) < 4.78 is 83.5. The van der Waals surface area contributed by atoms with Crippen LogP contribution in [0.3, 0.4) is 0 Å². The van der Waals surface area contributed by atoms with Crippen molar-refractivity contribution >= 4 is 10.8 Å². The Bertz CT molecular complexity index is 1120. The Kier molecular flexibility index (Phi) is 5.46. The van der Waals surface area contributed by atoms with Gasteiger partial charge in [0.25, 0.3) is 0 Å². The molecule has 0 radical (unpaired) electrons. The summed E-state index contributed by atoms with van der Waals surface area (Å²) in [7, 11) is 0. The van der Waals surface area contributed by atoms with Crippen LogP contribution >= 0.6 is 0 Å². The van der Waals surface area contributed by atoms with Gasteiger partial charge in [-0.3, -0.25) is 0 Å². The van der Waals surface area contributed by atoms with Gasteiger partial charge in [0.15, 0.2) is 34.9 Å². The summed E-state index contributed by atoms with van der Waals surface area (Å²) in [6.45, 7) is 3.39. The maximum absolute atomic E-state index is 14.2. The third-order valence-corrected chi connectivity index (χ3v) is 4.19. The first-order valence-corrected chi connectivity index (χ1v) is 8.20. The van der Waals surface area contributed by atoms with Crippen LogP contribution < -0.4 is 0 Å². The molecule has 3 rings (SSSR count). The molecule has 0 N–H and O–H groups in total. The summed E-state index contributed by atoms with van der Waals surface area (Å²) in [5, 5.41) is 0.315. The first-order valence-electron chi connectivity index (χ1n) is 8.20. The van der Waals surface area contributed by atoms with Gasteiger partial charge in [0.2, 0.25) is 0 Å². The van der Waals surface area contributed by atoms with Crippen LogP contribution in [0.2, 0.25) is 0 Å². The van der Waals surface area contributed by atoms with E-state index in [4.69, 9.17) is 0 Å². The van der Waals surface area contributed by atoms with Gasteiger partial charge in [-0.2, -0.15) is 0 Å². The Morgan fingerprint density at radius 1 is 0.786 bits per heavy atom. The largest absolute Gasteiger partial charge is 0.204 e. The summed E-state index contributed by atoms with van der Waals surface area (Å²) >= 11 is 0. The van der Waals surface area contributed by atoms with Crippen molar-refractivity contribution in [3.05, 3.63) is 94.6 Å². The van der Waals surface area contributed by atoms with Crippen LogP contribution in [-0.2, 0) is 6.42 Å². The minimum Gasteiger partial charge on any atom is -0.204 e. The van der Waals surface area contributed by atoms with Crippen molar-refractivity contribution in [2.75, 3.05) is 0 Å². The molecular formula is C22H12F6. The van der Waals surface area contributed by atoms with Gasteiger partial charge in [0.1, 0.15) is 5.56 Å². The Morgan fingerprint density at radius 3 is 2.11 bits per heavy atom. The molecule has 0 aromatic heterocycles. The number of hydrogen-bond acceptors (Lipinski definition) is 0. The quantitative estimate of drug-likeness (QED) is 0.216. The van der Waals surface area contributed by atoms with Crippen LogP contribution in [0, 0.1) is 46.7 Å². The zero-order valence-corrected chi connectivity index (χ0v) is 14.4. The predicted octanol–water partition coefficient (Wildman–Crippen LogP) is 6.19. The van der Waals surface area contributed by atoms with E-state index in [2.05, 4.69) is 18.4 Å². The van der Waals surface area contributed by atoms with E-state index >= 15 is 0 Å². The topological polar surface area (TPSA) is 0 Å². The van der Waals surface area contributed by atoms with Gasteiger partial charge in [-0.05, 0) is 36.4 Å². The van der Waals surface area contributed by atoms with Crippen molar-refractivity contribution in [1.29, 1.82) is 0 Å². The van der Waals surface area contributed by atoms with Gasteiger partial charge in [-0.1, -0.05) is 30.0 Å². The van der Waals surface area contributed by atoms with Gasteiger partial charge in [-0.15, -0.1) is 6.58 Å². The molecule has 0 fully saturated rings. The molecule has 0 amide bonds. The van der Waals surface area contributed by atoms with E-state index in [1.165, 1.54) is 30.3 Å². The van der Waals surface area contributed by atoms with E-state index in [0.717, 1.165) is 6.07 Å². The number of allylic oxidation sites excluding steroid dienone is 1. The Labute approximate surface area is 157 Å². The van der Waals surface area contributed by atoms with E-state index in [9.17, 15) is 26.3 Å². The van der Waals surface area contributed by atoms with Crippen LogP contribution in [0.1, 0.15) is 23.1 Å². The summed E-state index contributed by atoms with van der Waals surface area (Å²) in [6.07, 6.45) is 1.28. The molecule has 0 saturated heterocycles. The summed E-state index contributed by atoms with van der Waals surface area (Å²) in [6, 6.07) is 6.17. The molecule has 0 nitrogen and oxygen atoms in total. The van der Waals surface area contributed by atoms with Gasteiger partial charge in [0, 0.05) is 16.5 Å². The van der Waals surface area contributed by atoms with Crippen LogP contribution in [0.5, 0.6) is 0 Å². The number of rotatable bonds is 3. The fourth-order valence-corrected chi connectivity index (χ4v) is 2.73. The molecular weight excluding hydrogens is 378 g/mol. The van der Waals surface area contributed by atoms with Gasteiger partial charge < -0.3 is 0 Å². The second-order valence-electron chi connectivity index (χ2n) is 5.98. The van der Waals surface area contributed by atoms with Gasteiger partial charge in [0.05, 0.1) is 0 Å². The van der Waals surface area contributed by atoms with Gasteiger partial charge >= 0.3 is 0 Å². The average molecular weight is 390 g/mol. The van der Waals surface area contributed by atoms with Crippen LogP contribution in [0.15, 0.2) is 43.0 Å². The molecule has 0 atom stereocenters. The molecule has 3 aromatic rings. The standard InChI is InChI=1S/C22H12F6/c1-2-3-4-15-19(25)21(27)16(22(28)20(15)26)9-6-12-5-8-14-13(11-12)7-10-17(23)18(14)24/h2,5,7-8,10-11H,1,3-4H2. The molecule has 0 aliphatic carbocycles. The molecule has 0 heterocycles. The van der Waals surface area contributed by atoms with Crippen molar-refractivity contribution in [1.82, 2.24) is 0 Å². The lowest BCUT2D eigenvalue weighted by Gasteiger charge is -2.08. The van der Waals surface area contributed by atoms with Crippen LogP contribution in [-0.4, -0.2) is 0 Å². The molecule has 142 valence electrons. The van der Waals surface area contributed by atoms with Crippen molar-refractivity contribution in [2.24, 2.45) is 0 Å². The zero-order chi connectivity index (χ0) is 20.4. The Hall–Kier alpha value is -3.20. The molecule has 0 unspecified atom stereocenters. The summed E-state index contributed by atoms with van der Waals surface area (Å²) in [4.78, 5) is 0. The fourth-order valence-electron chi connectivity index (χ4n) is 2.73. The minimum atomic E-state index is -1.58. The highest BCUT2D eigenvalue weighted by atomic mass is 19.2. The lowest BCUT2D eigenvalue weighted by molar-refractivity contribution is 0.436. The van der Waals surface area contributed by atoms with Crippen LogP contribution in [0.25, 0.3) is 10.8 Å². The molecule has 3 aromatic carbocycles. The van der Waals surface area contributed by atoms with E-state index in [-0.39, 0.29) is 23.8 Å². The lowest BCUT2D eigenvalue weighted by Crippen LogP contribution is -2.06. The van der Waals surface area contributed by atoms with Crippen molar-refractivity contribution in [2.45, 2.75) is 12.8 Å². The maximum Gasteiger partial charge on any atom is 0.177 e. The van der Waals surface area contributed by atoms with Crippen molar-refractivity contribution in [3.63, 3.8) is 0 Å². The molecule has 0 aliphatic heterocycles. The normalized spacial score (nSPS) is 10.6. The average Bonchev–Trinajstić information content (AvgIpc) is 2.69.